The Bertz CT molecular complexity index is 675. The Hall–Kier alpha value is -2.41. The number of nitrogens with zero attached hydrogens (tertiary/aromatic N) is 5. The summed E-state index contributed by atoms with van der Waals surface area (Å²) in [7, 11) is 1.74. The molecule has 1 aliphatic rings. The van der Waals surface area contributed by atoms with E-state index in [4.69, 9.17) is 5.73 Å². The van der Waals surface area contributed by atoms with Crippen LogP contribution in [0, 0.1) is 0 Å². The van der Waals surface area contributed by atoms with Crippen molar-refractivity contribution in [2.75, 3.05) is 31.9 Å². The van der Waals surface area contributed by atoms with Crippen LogP contribution in [0.5, 0.6) is 0 Å². The number of amides is 1. The number of nitrogen functional groups attached to an aromatic ring is 1. The molecule has 1 unspecified atom stereocenters. The van der Waals surface area contributed by atoms with Gasteiger partial charge in [0.1, 0.15) is 11.4 Å². The van der Waals surface area contributed by atoms with Crippen molar-refractivity contribution in [3.05, 3.63) is 41.9 Å². The van der Waals surface area contributed by atoms with Crippen molar-refractivity contribution in [3.63, 3.8) is 0 Å². The van der Waals surface area contributed by atoms with Gasteiger partial charge in [-0.2, -0.15) is 5.10 Å². The fraction of sp³-hybridized carbons (Fsp3) is 0.438. The summed E-state index contributed by atoms with van der Waals surface area (Å²) in [5.41, 5.74) is 7.63. The van der Waals surface area contributed by atoms with Crippen LogP contribution >= 0.6 is 0 Å². The third-order valence-corrected chi connectivity index (χ3v) is 4.55. The standard InChI is InChI=1S/C16H22N6O/c1-12(13-3-5-18-6-4-13)21-7-9-22(10-8-21)16(23)14-11-19-20(2)15(14)17/h3-6,11-12H,7-10,17H2,1-2H3. The molecular weight excluding hydrogens is 292 g/mol. The molecule has 0 aromatic carbocycles. The second-order valence-electron chi connectivity index (χ2n) is 5.85. The molecule has 7 heteroatoms. The highest BCUT2D eigenvalue weighted by Gasteiger charge is 2.27. The fourth-order valence-corrected chi connectivity index (χ4v) is 2.95. The normalized spacial score (nSPS) is 17.2. The summed E-state index contributed by atoms with van der Waals surface area (Å²) in [6.07, 6.45) is 5.18. The summed E-state index contributed by atoms with van der Waals surface area (Å²) in [5.74, 6) is 0.384. The summed E-state index contributed by atoms with van der Waals surface area (Å²) in [4.78, 5) is 20.8. The van der Waals surface area contributed by atoms with E-state index in [1.165, 1.54) is 10.2 Å². The van der Waals surface area contributed by atoms with Crippen molar-refractivity contribution >= 4 is 11.7 Å². The van der Waals surface area contributed by atoms with Gasteiger partial charge < -0.3 is 10.6 Å². The predicted molar refractivity (Wildman–Crippen MR) is 87.7 cm³/mol. The van der Waals surface area contributed by atoms with Crippen LogP contribution < -0.4 is 5.73 Å². The van der Waals surface area contributed by atoms with Crippen LogP contribution in [0.3, 0.4) is 0 Å². The number of hydrogen-bond donors (Lipinski definition) is 1. The Morgan fingerprint density at radius 2 is 1.87 bits per heavy atom. The number of nitrogens with two attached hydrogens (primary N) is 1. The molecule has 0 radical (unpaired) electrons. The summed E-state index contributed by atoms with van der Waals surface area (Å²) >= 11 is 0. The summed E-state index contributed by atoms with van der Waals surface area (Å²) < 4.78 is 1.52. The summed E-state index contributed by atoms with van der Waals surface area (Å²) in [5, 5.41) is 4.04. The largest absolute Gasteiger partial charge is 0.383 e. The summed E-state index contributed by atoms with van der Waals surface area (Å²) in [6.45, 7) is 5.27. The lowest BCUT2D eigenvalue weighted by Crippen LogP contribution is -2.49. The van der Waals surface area contributed by atoms with Crippen molar-refractivity contribution in [3.8, 4) is 0 Å². The van der Waals surface area contributed by atoms with Crippen LogP contribution in [0.25, 0.3) is 0 Å². The van der Waals surface area contributed by atoms with Gasteiger partial charge in [0.05, 0.1) is 6.20 Å². The molecule has 2 N–H and O–H groups in total. The number of carbonyl (C=O) groups is 1. The van der Waals surface area contributed by atoms with Crippen molar-refractivity contribution in [2.24, 2.45) is 7.05 Å². The van der Waals surface area contributed by atoms with Crippen LogP contribution in [0.15, 0.2) is 30.7 Å². The van der Waals surface area contributed by atoms with E-state index in [1.54, 1.807) is 13.2 Å². The predicted octanol–water partition coefficient (Wildman–Crippen LogP) is 0.916. The van der Waals surface area contributed by atoms with E-state index in [0.29, 0.717) is 30.5 Å². The quantitative estimate of drug-likeness (QED) is 0.911. The number of aromatic nitrogens is 3. The minimum atomic E-state index is -0.0354. The molecule has 1 fully saturated rings. The number of rotatable bonds is 3. The first-order valence-electron chi connectivity index (χ1n) is 7.78. The minimum Gasteiger partial charge on any atom is -0.383 e. The molecule has 3 heterocycles. The average Bonchev–Trinajstić information content (AvgIpc) is 2.94. The van der Waals surface area contributed by atoms with Gasteiger partial charge in [-0.25, -0.2) is 0 Å². The molecule has 1 saturated heterocycles. The molecule has 23 heavy (non-hydrogen) atoms. The summed E-state index contributed by atoms with van der Waals surface area (Å²) in [6, 6.07) is 4.40. The smallest absolute Gasteiger partial charge is 0.259 e. The van der Waals surface area contributed by atoms with E-state index in [1.807, 2.05) is 29.4 Å². The molecule has 122 valence electrons. The maximum absolute atomic E-state index is 12.5. The lowest BCUT2D eigenvalue weighted by Gasteiger charge is -2.38. The van der Waals surface area contributed by atoms with E-state index in [2.05, 4.69) is 21.9 Å². The van der Waals surface area contributed by atoms with Crippen LogP contribution in [0.4, 0.5) is 5.82 Å². The molecular formula is C16H22N6O. The topological polar surface area (TPSA) is 80.3 Å². The maximum atomic E-state index is 12.5. The first kappa shape index (κ1) is 15.5. The molecule has 1 amide bonds. The Labute approximate surface area is 135 Å². The van der Waals surface area contributed by atoms with Crippen LogP contribution in [-0.2, 0) is 7.05 Å². The van der Waals surface area contributed by atoms with Gasteiger partial charge in [-0.1, -0.05) is 0 Å². The number of anilines is 1. The van der Waals surface area contributed by atoms with Crippen molar-refractivity contribution < 1.29 is 4.79 Å². The first-order valence-corrected chi connectivity index (χ1v) is 7.78. The van der Waals surface area contributed by atoms with Crippen LogP contribution in [-0.4, -0.2) is 56.7 Å². The number of pyridine rings is 1. The van der Waals surface area contributed by atoms with E-state index >= 15 is 0 Å². The number of aryl methyl sites for hydroxylation is 1. The average molecular weight is 314 g/mol. The van der Waals surface area contributed by atoms with Gasteiger partial charge in [-0.05, 0) is 24.6 Å². The number of hydrogen-bond acceptors (Lipinski definition) is 5. The van der Waals surface area contributed by atoms with Crippen molar-refractivity contribution in [2.45, 2.75) is 13.0 Å². The molecule has 0 aliphatic carbocycles. The zero-order valence-electron chi connectivity index (χ0n) is 13.5. The Balaban J connectivity index is 1.62. The Kier molecular flexibility index (Phi) is 4.29. The Morgan fingerprint density at radius 1 is 1.22 bits per heavy atom. The highest BCUT2D eigenvalue weighted by Crippen LogP contribution is 2.22. The molecule has 0 bridgehead atoms. The fourth-order valence-electron chi connectivity index (χ4n) is 2.95. The van der Waals surface area contributed by atoms with Gasteiger partial charge in [-0.15, -0.1) is 0 Å². The van der Waals surface area contributed by atoms with E-state index < -0.39 is 0 Å². The molecule has 3 rings (SSSR count). The number of piperazine rings is 1. The van der Waals surface area contributed by atoms with Crippen LogP contribution in [0.1, 0.15) is 28.9 Å². The van der Waals surface area contributed by atoms with E-state index in [-0.39, 0.29) is 5.91 Å². The highest BCUT2D eigenvalue weighted by molar-refractivity contribution is 5.98. The highest BCUT2D eigenvalue weighted by atomic mass is 16.2. The zero-order valence-corrected chi connectivity index (χ0v) is 13.5. The van der Waals surface area contributed by atoms with Gasteiger partial charge in [-0.3, -0.25) is 19.4 Å². The number of carbonyl (C=O) groups excluding carboxylic acids is 1. The third kappa shape index (κ3) is 3.05. The molecule has 7 nitrogen and oxygen atoms in total. The Morgan fingerprint density at radius 3 is 2.43 bits per heavy atom. The first-order chi connectivity index (χ1) is 11.1. The minimum absolute atomic E-state index is 0.0354. The molecule has 0 saturated carbocycles. The SMILES string of the molecule is CC(c1ccncc1)N1CCN(C(=O)c2cnn(C)c2N)CC1. The van der Waals surface area contributed by atoms with Crippen molar-refractivity contribution in [1.82, 2.24) is 24.6 Å². The third-order valence-electron chi connectivity index (χ3n) is 4.55. The second kappa shape index (κ2) is 6.37. The molecule has 0 spiro atoms. The van der Waals surface area contributed by atoms with Gasteiger partial charge in [0.15, 0.2) is 0 Å². The van der Waals surface area contributed by atoms with Crippen molar-refractivity contribution in [1.29, 1.82) is 0 Å². The molecule has 1 aliphatic heterocycles. The lowest BCUT2D eigenvalue weighted by molar-refractivity contribution is 0.0583. The molecule has 1 atom stereocenters. The van der Waals surface area contributed by atoms with Gasteiger partial charge in [0, 0.05) is 51.7 Å². The second-order valence-corrected chi connectivity index (χ2v) is 5.85. The lowest BCUT2D eigenvalue weighted by atomic mass is 10.1. The monoisotopic (exact) mass is 314 g/mol. The molecule has 2 aromatic heterocycles. The zero-order chi connectivity index (χ0) is 16.4. The van der Waals surface area contributed by atoms with Gasteiger partial charge in [0.25, 0.3) is 5.91 Å². The maximum Gasteiger partial charge on any atom is 0.259 e. The van der Waals surface area contributed by atoms with Gasteiger partial charge in [0.2, 0.25) is 0 Å². The molecule has 2 aromatic rings. The van der Waals surface area contributed by atoms with Crippen LogP contribution in [0.2, 0.25) is 0 Å². The van der Waals surface area contributed by atoms with E-state index in [9.17, 15) is 4.79 Å². The van der Waals surface area contributed by atoms with Gasteiger partial charge >= 0.3 is 0 Å². The van der Waals surface area contributed by atoms with E-state index in [0.717, 1.165) is 13.1 Å².